The highest BCUT2D eigenvalue weighted by Crippen LogP contribution is 2.26. The highest BCUT2D eigenvalue weighted by atomic mass is 35.5. The molecule has 24 heavy (non-hydrogen) atoms. The fourth-order valence-electron chi connectivity index (χ4n) is 2.49. The van der Waals surface area contributed by atoms with Crippen LogP contribution in [0, 0.1) is 13.8 Å². The van der Waals surface area contributed by atoms with E-state index in [1.54, 1.807) is 21.7 Å². The molecule has 2 rings (SSSR count). The second-order valence-corrected chi connectivity index (χ2v) is 6.57. The third-order valence-electron chi connectivity index (χ3n) is 4.04. The number of nitrogens with zero attached hydrogens (tertiary/aromatic N) is 3. The number of carbonyl (C=O) groups excluding carboxylic acids is 1. The van der Waals surface area contributed by atoms with E-state index < -0.39 is 0 Å². The average molecular weight is 369 g/mol. The zero-order valence-electron chi connectivity index (χ0n) is 14.4. The maximum atomic E-state index is 12.4. The molecule has 1 amide bonds. The topological polar surface area (TPSA) is 50.2 Å². The standard InChI is InChI=1S/C17H22Cl2N4O/c1-11-14(10-17(24)22(4)8-7-20-3)12(2)23(21-11)13-5-6-15(18)16(19)9-13/h5-6,9,20H,7-8,10H2,1-4H3. The van der Waals surface area contributed by atoms with Gasteiger partial charge >= 0.3 is 0 Å². The molecule has 1 N–H and O–H groups in total. The molecule has 0 bridgehead atoms. The minimum atomic E-state index is 0.0742. The molecule has 2 aromatic rings. The summed E-state index contributed by atoms with van der Waals surface area (Å²) in [6, 6.07) is 5.37. The summed E-state index contributed by atoms with van der Waals surface area (Å²) in [5.74, 6) is 0.0742. The van der Waals surface area contributed by atoms with Gasteiger partial charge in [0.2, 0.25) is 5.91 Å². The van der Waals surface area contributed by atoms with Crippen molar-refractivity contribution < 1.29 is 4.79 Å². The largest absolute Gasteiger partial charge is 0.344 e. The Morgan fingerprint density at radius 1 is 1.29 bits per heavy atom. The van der Waals surface area contributed by atoms with E-state index in [-0.39, 0.29) is 5.91 Å². The predicted molar refractivity (Wildman–Crippen MR) is 98.3 cm³/mol. The predicted octanol–water partition coefficient (Wildman–Crippen LogP) is 3.02. The van der Waals surface area contributed by atoms with Crippen LogP contribution in [-0.2, 0) is 11.2 Å². The number of amides is 1. The van der Waals surface area contributed by atoms with E-state index in [1.165, 1.54) is 0 Å². The fourth-order valence-corrected chi connectivity index (χ4v) is 2.78. The smallest absolute Gasteiger partial charge is 0.226 e. The molecular weight excluding hydrogens is 347 g/mol. The molecule has 5 nitrogen and oxygen atoms in total. The third-order valence-corrected chi connectivity index (χ3v) is 4.78. The van der Waals surface area contributed by atoms with Crippen molar-refractivity contribution >= 4 is 29.1 Å². The molecule has 0 radical (unpaired) electrons. The molecule has 130 valence electrons. The zero-order chi connectivity index (χ0) is 17.9. The Morgan fingerprint density at radius 2 is 2.00 bits per heavy atom. The molecule has 1 aromatic carbocycles. The van der Waals surface area contributed by atoms with Crippen LogP contribution in [0.5, 0.6) is 0 Å². The molecule has 0 fully saturated rings. The van der Waals surface area contributed by atoms with Gasteiger partial charge in [-0.05, 0) is 39.1 Å². The van der Waals surface area contributed by atoms with Crippen molar-refractivity contribution in [3.63, 3.8) is 0 Å². The van der Waals surface area contributed by atoms with Crippen molar-refractivity contribution in [1.82, 2.24) is 20.0 Å². The second-order valence-electron chi connectivity index (χ2n) is 5.76. The normalized spacial score (nSPS) is 10.9. The second kappa shape index (κ2) is 8.01. The van der Waals surface area contributed by atoms with E-state index in [0.717, 1.165) is 29.2 Å². The number of aryl methyl sites for hydroxylation is 1. The summed E-state index contributed by atoms with van der Waals surface area (Å²) in [6.45, 7) is 5.31. The molecule has 0 saturated carbocycles. The zero-order valence-corrected chi connectivity index (χ0v) is 15.9. The summed E-state index contributed by atoms with van der Waals surface area (Å²) in [6.07, 6.45) is 0.333. The van der Waals surface area contributed by atoms with Gasteiger partial charge in [0.25, 0.3) is 0 Å². The number of rotatable bonds is 6. The van der Waals surface area contributed by atoms with Gasteiger partial charge in [0.1, 0.15) is 0 Å². The Morgan fingerprint density at radius 3 is 2.62 bits per heavy atom. The Kier molecular flexibility index (Phi) is 6.27. The maximum absolute atomic E-state index is 12.4. The van der Waals surface area contributed by atoms with Crippen LogP contribution in [0.25, 0.3) is 5.69 Å². The van der Waals surface area contributed by atoms with Crippen LogP contribution in [0.4, 0.5) is 0 Å². The highest BCUT2D eigenvalue weighted by Gasteiger charge is 2.18. The first kappa shape index (κ1) is 18.8. The van der Waals surface area contributed by atoms with Crippen molar-refractivity contribution in [3.8, 4) is 5.69 Å². The van der Waals surface area contributed by atoms with Crippen LogP contribution in [0.1, 0.15) is 17.0 Å². The first-order valence-corrected chi connectivity index (χ1v) is 8.49. The minimum absolute atomic E-state index is 0.0742. The van der Waals surface area contributed by atoms with Gasteiger partial charge in [0, 0.05) is 31.4 Å². The van der Waals surface area contributed by atoms with Gasteiger partial charge in [0.05, 0.1) is 27.8 Å². The molecule has 1 heterocycles. The summed E-state index contributed by atoms with van der Waals surface area (Å²) < 4.78 is 1.80. The summed E-state index contributed by atoms with van der Waals surface area (Å²) >= 11 is 12.1. The molecule has 7 heteroatoms. The number of hydrogen-bond acceptors (Lipinski definition) is 3. The van der Waals surface area contributed by atoms with Crippen LogP contribution < -0.4 is 5.32 Å². The van der Waals surface area contributed by atoms with Crippen LogP contribution in [0.3, 0.4) is 0 Å². The van der Waals surface area contributed by atoms with Gasteiger partial charge in [-0.1, -0.05) is 23.2 Å². The summed E-state index contributed by atoms with van der Waals surface area (Å²) in [5.41, 5.74) is 3.55. The number of benzene rings is 1. The lowest BCUT2D eigenvalue weighted by atomic mass is 10.1. The molecule has 1 aromatic heterocycles. The van der Waals surface area contributed by atoms with Crippen LogP contribution in [0.15, 0.2) is 18.2 Å². The quantitative estimate of drug-likeness (QED) is 0.852. The molecule has 0 aliphatic carbocycles. The van der Waals surface area contributed by atoms with Gasteiger partial charge in [-0.3, -0.25) is 4.79 Å². The fraction of sp³-hybridized carbons (Fsp3) is 0.412. The summed E-state index contributed by atoms with van der Waals surface area (Å²) in [7, 11) is 3.68. The van der Waals surface area contributed by atoms with Gasteiger partial charge in [-0.15, -0.1) is 0 Å². The van der Waals surface area contributed by atoms with Crippen molar-refractivity contribution in [3.05, 3.63) is 45.2 Å². The number of aromatic nitrogens is 2. The van der Waals surface area contributed by atoms with Gasteiger partial charge in [-0.25, -0.2) is 4.68 Å². The van der Waals surface area contributed by atoms with Gasteiger partial charge in [-0.2, -0.15) is 5.10 Å². The Labute approximate surface area is 152 Å². The van der Waals surface area contributed by atoms with E-state index >= 15 is 0 Å². The van der Waals surface area contributed by atoms with E-state index in [2.05, 4.69) is 10.4 Å². The molecule has 0 aliphatic rings. The van der Waals surface area contributed by atoms with Gasteiger partial charge < -0.3 is 10.2 Å². The monoisotopic (exact) mass is 368 g/mol. The molecule has 0 saturated heterocycles. The average Bonchev–Trinajstić information content (AvgIpc) is 2.83. The minimum Gasteiger partial charge on any atom is -0.344 e. The Hall–Kier alpha value is -1.56. The maximum Gasteiger partial charge on any atom is 0.226 e. The number of carbonyl (C=O) groups is 1. The van der Waals surface area contributed by atoms with Crippen molar-refractivity contribution in [2.24, 2.45) is 0 Å². The number of nitrogens with one attached hydrogen (secondary N) is 1. The SMILES string of the molecule is CNCCN(C)C(=O)Cc1c(C)nn(-c2ccc(Cl)c(Cl)c2)c1C. The highest BCUT2D eigenvalue weighted by molar-refractivity contribution is 6.42. The van der Waals surface area contributed by atoms with Crippen LogP contribution >= 0.6 is 23.2 Å². The Balaban J connectivity index is 2.25. The van der Waals surface area contributed by atoms with E-state index in [0.29, 0.717) is 23.0 Å². The van der Waals surface area contributed by atoms with E-state index in [9.17, 15) is 4.79 Å². The summed E-state index contributed by atoms with van der Waals surface area (Å²) in [5, 5.41) is 8.58. The van der Waals surface area contributed by atoms with Crippen molar-refractivity contribution in [2.45, 2.75) is 20.3 Å². The van der Waals surface area contributed by atoms with Crippen molar-refractivity contribution in [1.29, 1.82) is 0 Å². The molecular formula is C17H22Cl2N4O. The first-order chi connectivity index (χ1) is 11.3. The molecule has 0 spiro atoms. The lowest BCUT2D eigenvalue weighted by Crippen LogP contribution is -2.34. The lowest BCUT2D eigenvalue weighted by Gasteiger charge is -2.17. The summed E-state index contributed by atoms with van der Waals surface area (Å²) in [4.78, 5) is 14.1. The number of likely N-dealkylation sites (N-methyl/N-ethyl adjacent to an activating group) is 2. The number of hydrogen-bond donors (Lipinski definition) is 1. The van der Waals surface area contributed by atoms with Crippen LogP contribution in [-0.4, -0.2) is 47.8 Å². The molecule has 0 atom stereocenters. The third kappa shape index (κ3) is 4.09. The van der Waals surface area contributed by atoms with Crippen LogP contribution in [0.2, 0.25) is 10.0 Å². The van der Waals surface area contributed by atoms with Gasteiger partial charge in [0.15, 0.2) is 0 Å². The molecule has 0 aliphatic heterocycles. The Bertz CT molecular complexity index is 742. The van der Waals surface area contributed by atoms with Crippen molar-refractivity contribution in [2.75, 3.05) is 27.2 Å². The lowest BCUT2D eigenvalue weighted by molar-refractivity contribution is -0.129. The van der Waals surface area contributed by atoms with E-state index in [1.807, 2.05) is 34.0 Å². The van der Waals surface area contributed by atoms with E-state index in [4.69, 9.17) is 23.2 Å². The first-order valence-electron chi connectivity index (χ1n) is 7.74. The number of halogens is 2. The molecule has 0 unspecified atom stereocenters.